The Morgan fingerprint density at radius 1 is 1.35 bits per heavy atom. The number of methoxy groups -OCH3 is 2. The van der Waals surface area contributed by atoms with Gasteiger partial charge in [0.15, 0.2) is 11.5 Å². The molecule has 0 aromatic heterocycles. The number of halogens is 1. The average molecular weight is 301 g/mol. The Morgan fingerprint density at radius 2 is 1.95 bits per heavy atom. The minimum absolute atomic E-state index is 0.257. The predicted octanol–water partition coefficient (Wildman–Crippen LogP) is 2.81. The number of nitrogens with two attached hydrogens (primary N) is 1. The molecule has 0 aliphatic carbocycles. The molecule has 112 valence electrons. The molecule has 0 fully saturated rings. The second-order valence-corrected chi connectivity index (χ2v) is 4.83. The third-order valence-corrected chi connectivity index (χ3v) is 3.25. The van der Waals surface area contributed by atoms with Crippen molar-refractivity contribution in [2.45, 2.75) is 32.2 Å². The SMILES string of the molecule is CCCC[C@H](N)C(=O)Nc1cc(OC)c(OC)cc1Cl. The largest absolute Gasteiger partial charge is 0.493 e. The molecule has 3 N–H and O–H groups in total. The highest BCUT2D eigenvalue weighted by molar-refractivity contribution is 6.34. The van der Waals surface area contributed by atoms with Crippen LogP contribution in [0.15, 0.2) is 12.1 Å². The highest BCUT2D eigenvalue weighted by atomic mass is 35.5. The van der Waals surface area contributed by atoms with E-state index in [1.807, 2.05) is 0 Å². The molecule has 1 aromatic rings. The first kappa shape index (κ1) is 16.6. The Morgan fingerprint density at radius 3 is 2.50 bits per heavy atom. The molecule has 0 spiro atoms. The van der Waals surface area contributed by atoms with Crippen LogP contribution in [-0.2, 0) is 4.79 Å². The third-order valence-electron chi connectivity index (χ3n) is 2.94. The maximum Gasteiger partial charge on any atom is 0.241 e. The van der Waals surface area contributed by atoms with Crippen LogP contribution in [0.3, 0.4) is 0 Å². The van der Waals surface area contributed by atoms with Gasteiger partial charge in [-0.1, -0.05) is 31.4 Å². The van der Waals surface area contributed by atoms with Gasteiger partial charge < -0.3 is 20.5 Å². The molecule has 1 aromatic carbocycles. The van der Waals surface area contributed by atoms with Crippen LogP contribution in [0.1, 0.15) is 26.2 Å². The van der Waals surface area contributed by atoms with E-state index in [2.05, 4.69) is 12.2 Å². The van der Waals surface area contributed by atoms with Crippen molar-refractivity contribution < 1.29 is 14.3 Å². The number of anilines is 1. The van der Waals surface area contributed by atoms with Crippen LogP contribution in [0.25, 0.3) is 0 Å². The minimum Gasteiger partial charge on any atom is -0.493 e. The molecule has 0 aliphatic heterocycles. The number of hydrogen-bond donors (Lipinski definition) is 2. The van der Waals surface area contributed by atoms with Crippen LogP contribution in [0.2, 0.25) is 5.02 Å². The predicted molar refractivity (Wildman–Crippen MR) is 80.7 cm³/mol. The van der Waals surface area contributed by atoms with Crippen molar-refractivity contribution in [2.24, 2.45) is 5.73 Å². The number of carbonyl (C=O) groups is 1. The van der Waals surface area contributed by atoms with Crippen molar-refractivity contribution in [1.29, 1.82) is 0 Å². The Bertz CT molecular complexity index is 466. The molecule has 0 bridgehead atoms. The lowest BCUT2D eigenvalue weighted by atomic mass is 10.1. The standard InChI is InChI=1S/C14H21ClN2O3/c1-4-5-6-10(16)14(18)17-11-8-13(20-3)12(19-2)7-9(11)15/h7-8,10H,4-6,16H2,1-3H3,(H,17,18)/t10-/m0/s1. The molecule has 0 unspecified atom stereocenters. The Balaban J connectivity index is 2.84. The van der Waals surface area contributed by atoms with Gasteiger partial charge in [0.25, 0.3) is 0 Å². The highest BCUT2D eigenvalue weighted by Crippen LogP contribution is 2.36. The number of ether oxygens (including phenoxy) is 2. The second-order valence-electron chi connectivity index (χ2n) is 4.43. The molecule has 20 heavy (non-hydrogen) atoms. The summed E-state index contributed by atoms with van der Waals surface area (Å²) in [5, 5.41) is 3.09. The van der Waals surface area contributed by atoms with E-state index in [-0.39, 0.29) is 5.91 Å². The van der Waals surface area contributed by atoms with Crippen molar-refractivity contribution in [2.75, 3.05) is 19.5 Å². The van der Waals surface area contributed by atoms with E-state index in [9.17, 15) is 4.79 Å². The molecule has 5 nitrogen and oxygen atoms in total. The van der Waals surface area contributed by atoms with E-state index in [0.29, 0.717) is 28.6 Å². The summed E-state index contributed by atoms with van der Waals surface area (Å²) in [5.41, 5.74) is 6.28. The molecule has 1 amide bonds. The molecule has 1 atom stereocenters. The van der Waals surface area contributed by atoms with Gasteiger partial charge in [-0.2, -0.15) is 0 Å². The van der Waals surface area contributed by atoms with Gasteiger partial charge in [0.1, 0.15) is 0 Å². The fourth-order valence-corrected chi connectivity index (χ4v) is 1.93. The zero-order valence-corrected chi connectivity index (χ0v) is 12.8. The van der Waals surface area contributed by atoms with Crippen LogP contribution in [0.4, 0.5) is 5.69 Å². The van der Waals surface area contributed by atoms with Gasteiger partial charge in [-0.25, -0.2) is 0 Å². The van der Waals surface area contributed by atoms with E-state index in [1.54, 1.807) is 12.1 Å². The normalized spacial score (nSPS) is 11.8. The van der Waals surface area contributed by atoms with Gasteiger partial charge >= 0.3 is 0 Å². The zero-order valence-electron chi connectivity index (χ0n) is 12.0. The van der Waals surface area contributed by atoms with Crippen LogP contribution < -0.4 is 20.5 Å². The number of benzene rings is 1. The number of unbranched alkanes of at least 4 members (excludes halogenated alkanes) is 1. The maximum atomic E-state index is 12.0. The van der Waals surface area contributed by atoms with Crippen molar-refractivity contribution in [3.8, 4) is 11.5 Å². The lowest BCUT2D eigenvalue weighted by Crippen LogP contribution is -2.35. The van der Waals surface area contributed by atoms with E-state index in [1.165, 1.54) is 14.2 Å². The Hall–Kier alpha value is -1.46. The van der Waals surface area contributed by atoms with E-state index >= 15 is 0 Å². The number of carbonyl (C=O) groups excluding carboxylic acids is 1. The fraction of sp³-hybridized carbons (Fsp3) is 0.500. The van der Waals surface area contributed by atoms with Gasteiger partial charge in [0, 0.05) is 12.1 Å². The van der Waals surface area contributed by atoms with Crippen molar-refractivity contribution in [1.82, 2.24) is 0 Å². The quantitative estimate of drug-likeness (QED) is 0.812. The smallest absolute Gasteiger partial charge is 0.241 e. The molecule has 0 saturated heterocycles. The summed E-state index contributed by atoms with van der Waals surface area (Å²) < 4.78 is 10.3. The summed E-state index contributed by atoms with van der Waals surface area (Å²) in [6, 6.07) is 2.67. The zero-order chi connectivity index (χ0) is 15.1. The Labute approximate surface area is 124 Å². The monoisotopic (exact) mass is 300 g/mol. The Kier molecular flexibility index (Phi) is 6.61. The van der Waals surface area contributed by atoms with Crippen molar-refractivity contribution >= 4 is 23.2 Å². The summed E-state index contributed by atoms with van der Waals surface area (Å²) in [4.78, 5) is 12.0. The van der Waals surface area contributed by atoms with Gasteiger partial charge in [-0.05, 0) is 6.42 Å². The van der Waals surface area contributed by atoms with Crippen molar-refractivity contribution in [3.05, 3.63) is 17.2 Å². The first-order chi connectivity index (χ1) is 9.53. The van der Waals surface area contributed by atoms with Crippen molar-refractivity contribution in [3.63, 3.8) is 0 Å². The number of rotatable bonds is 7. The number of amides is 1. The summed E-state index contributed by atoms with van der Waals surface area (Å²) in [7, 11) is 3.04. The maximum absolute atomic E-state index is 12.0. The molecular weight excluding hydrogens is 280 g/mol. The van der Waals surface area contributed by atoms with Crippen LogP contribution in [0.5, 0.6) is 11.5 Å². The molecule has 0 saturated carbocycles. The number of hydrogen-bond acceptors (Lipinski definition) is 4. The highest BCUT2D eigenvalue weighted by Gasteiger charge is 2.16. The summed E-state index contributed by atoms with van der Waals surface area (Å²) in [5.74, 6) is 0.743. The molecule has 6 heteroatoms. The molecule has 1 rings (SSSR count). The first-order valence-corrected chi connectivity index (χ1v) is 6.89. The number of nitrogens with one attached hydrogen (secondary N) is 1. The lowest BCUT2D eigenvalue weighted by Gasteiger charge is -2.15. The van der Waals surface area contributed by atoms with Gasteiger partial charge in [0.2, 0.25) is 5.91 Å². The summed E-state index contributed by atoms with van der Waals surface area (Å²) in [6.45, 7) is 2.05. The average Bonchev–Trinajstić information content (AvgIpc) is 2.45. The summed E-state index contributed by atoms with van der Waals surface area (Å²) >= 11 is 6.10. The first-order valence-electron chi connectivity index (χ1n) is 6.51. The molecule has 0 aliphatic rings. The minimum atomic E-state index is -0.542. The lowest BCUT2D eigenvalue weighted by molar-refractivity contribution is -0.117. The van der Waals surface area contributed by atoms with Gasteiger partial charge in [-0.15, -0.1) is 0 Å². The summed E-state index contributed by atoms with van der Waals surface area (Å²) in [6.07, 6.45) is 2.56. The van der Waals surface area contributed by atoms with Gasteiger partial charge in [0.05, 0.1) is 31.0 Å². The van der Waals surface area contributed by atoms with E-state index in [4.69, 9.17) is 26.8 Å². The van der Waals surface area contributed by atoms with Gasteiger partial charge in [-0.3, -0.25) is 4.79 Å². The third kappa shape index (κ3) is 4.28. The fourth-order valence-electron chi connectivity index (χ4n) is 1.73. The molecule has 0 radical (unpaired) electrons. The molecule has 0 heterocycles. The topological polar surface area (TPSA) is 73.6 Å². The van der Waals surface area contributed by atoms with Crippen LogP contribution >= 0.6 is 11.6 Å². The molecular formula is C14H21ClN2O3. The van der Waals surface area contributed by atoms with E-state index < -0.39 is 6.04 Å². The van der Waals surface area contributed by atoms with Crippen LogP contribution in [-0.4, -0.2) is 26.2 Å². The van der Waals surface area contributed by atoms with Crippen LogP contribution in [0, 0.1) is 0 Å². The second kappa shape index (κ2) is 7.97. The van der Waals surface area contributed by atoms with E-state index in [0.717, 1.165) is 12.8 Å².